The Morgan fingerprint density at radius 1 is 1.14 bits per heavy atom. The van der Waals surface area contributed by atoms with Crippen LogP contribution >= 0.6 is 0 Å². The Morgan fingerprint density at radius 3 is 2.58 bits per heavy atom. The van der Waals surface area contributed by atoms with Gasteiger partial charge in [0, 0.05) is 25.3 Å². The molecule has 2 aliphatic rings. The highest BCUT2D eigenvalue weighted by Gasteiger charge is 2.28. The van der Waals surface area contributed by atoms with E-state index in [1.807, 2.05) is 6.07 Å². The summed E-state index contributed by atoms with van der Waals surface area (Å²) in [6.07, 6.45) is 2.04. The second-order valence-corrected chi connectivity index (χ2v) is 10.7. The van der Waals surface area contributed by atoms with E-state index in [1.54, 1.807) is 31.2 Å². The number of fused-ring (bicyclic) bond motifs is 1. The van der Waals surface area contributed by atoms with Crippen molar-refractivity contribution in [3.63, 3.8) is 0 Å². The number of hydrogen-bond acceptors (Lipinski definition) is 8. The number of imidazole rings is 1. The SMILES string of the molecule is Cc1c(OC2CCN(Cc3nc4ccc(C(=O)O)cc4n3CC3CCO3)CC2)nc(Oc2ccccc2F)c(F)c1C#N. The van der Waals surface area contributed by atoms with E-state index in [0.29, 0.717) is 39.0 Å². The third-order valence-corrected chi connectivity index (χ3v) is 7.89. The molecule has 0 radical (unpaired) electrons. The van der Waals surface area contributed by atoms with Gasteiger partial charge in [0.15, 0.2) is 11.6 Å². The van der Waals surface area contributed by atoms with Crippen molar-refractivity contribution < 1.29 is 32.9 Å². The topological polar surface area (TPSA) is 123 Å². The molecule has 0 spiro atoms. The van der Waals surface area contributed by atoms with Crippen molar-refractivity contribution in [2.24, 2.45) is 0 Å². The third-order valence-electron chi connectivity index (χ3n) is 7.89. The van der Waals surface area contributed by atoms with Crippen molar-refractivity contribution in [1.29, 1.82) is 5.26 Å². The molecule has 2 fully saturated rings. The Hall–Kier alpha value is -4.60. The Labute approximate surface area is 246 Å². The van der Waals surface area contributed by atoms with Gasteiger partial charge in [-0.2, -0.15) is 14.6 Å². The van der Waals surface area contributed by atoms with Gasteiger partial charge in [-0.3, -0.25) is 4.90 Å². The van der Waals surface area contributed by atoms with Crippen LogP contribution in [0.5, 0.6) is 17.5 Å². The van der Waals surface area contributed by atoms with Crippen LogP contribution in [0.15, 0.2) is 42.5 Å². The maximum atomic E-state index is 15.0. The molecule has 1 unspecified atom stereocenters. The van der Waals surface area contributed by atoms with Crippen molar-refractivity contribution in [3.8, 4) is 23.6 Å². The summed E-state index contributed by atoms with van der Waals surface area (Å²) in [6.45, 7) is 4.79. The first-order valence-electron chi connectivity index (χ1n) is 14.1. The highest BCUT2D eigenvalue weighted by atomic mass is 19.1. The maximum Gasteiger partial charge on any atom is 0.335 e. The van der Waals surface area contributed by atoms with Crippen molar-refractivity contribution >= 4 is 17.0 Å². The number of pyridine rings is 1. The number of para-hydroxylation sites is 1. The summed E-state index contributed by atoms with van der Waals surface area (Å²) in [6, 6.07) is 12.3. The first-order valence-corrected chi connectivity index (χ1v) is 14.1. The lowest BCUT2D eigenvalue weighted by molar-refractivity contribution is -0.0592. The van der Waals surface area contributed by atoms with E-state index in [2.05, 4.69) is 14.5 Å². The number of aromatic nitrogens is 3. The molecule has 4 aromatic rings. The summed E-state index contributed by atoms with van der Waals surface area (Å²) in [4.78, 5) is 22.8. The van der Waals surface area contributed by atoms with Crippen LogP contribution in [0.25, 0.3) is 11.0 Å². The Kier molecular flexibility index (Phi) is 7.92. The monoisotopic (exact) mass is 589 g/mol. The largest absolute Gasteiger partial charge is 0.478 e. The molecule has 1 atom stereocenters. The van der Waals surface area contributed by atoms with Crippen molar-refractivity contribution in [2.45, 2.75) is 51.5 Å². The van der Waals surface area contributed by atoms with E-state index in [9.17, 15) is 19.6 Å². The van der Waals surface area contributed by atoms with E-state index in [4.69, 9.17) is 19.2 Å². The molecule has 1 N–H and O–H groups in total. The van der Waals surface area contributed by atoms with Crippen LogP contribution in [-0.2, 0) is 17.8 Å². The van der Waals surface area contributed by atoms with E-state index >= 15 is 4.39 Å². The van der Waals surface area contributed by atoms with Gasteiger partial charge in [-0.25, -0.2) is 14.2 Å². The molecule has 4 heterocycles. The summed E-state index contributed by atoms with van der Waals surface area (Å²) in [7, 11) is 0. The summed E-state index contributed by atoms with van der Waals surface area (Å²) in [5.74, 6) is -2.49. The number of ether oxygens (including phenoxy) is 3. The molecule has 2 aliphatic heterocycles. The number of carbonyl (C=O) groups is 1. The van der Waals surface area contributed by atoms with E-state index in [0.717, 1.165) is 29.9 Å². The molecule has 0 bridgehead atoms. The van der Waals surface area contributed by atoms with Crippen LogP contribution in [0.2, 0.25) is 0 Å². The number of hydrogen-bond donors (Lipinski definition) is 1. The number of carboxylic acids is 1. The molecular weight excluding hydrogens is 560 g/mol. The predicted molar refractivity (Wildman–Crippen MR) is 150 cm³/mol. The molecular formula is C31H29F2N5O5. The lowest BCUT2D eigenvalue weighted by Gasteiger charge is -2.32. The van der Waals surface area contributed by atoms with Gasteiger partial charge in [-0.15, -0.1) is 0 Å². The Morgan fingerprint density at radius 2 is 1.91 bits per heavy atom. The molecule has 2 saturated heterocycles. The minimum Gasteiger partial charge on any atom is -0.478 e. The molecule has 10 nitrogen and oxygen atoms in total. The predicted octanol–water partition coefficient (Wildman–Crippen LogP) is 5.21. The smallest absolute Gasteiger partial charge is 0.335 e. The van der Waals surface area contributed by atoms with Crippen LogP contribution in [0.3, 0.4) is 0 Å². The number of nitrogens with zero attached hydrogens (tertiary/aromatic N) is 5. The van der Waals surface area contributed by atoms with Crippen LogP contribution in [-0.4, -0.2) is 62.4 Å². The number of halogens is 2. The van der Waals surface area contributed by atoms with Crippen molar-refractivity contribution in [3.05, 3.63) is 76.6 Å². The number of nitriles is 1. The highest BCUT2D eigenvalue weighted by molar-refractivity contribution is 5.92. The number of aromatic carboxylic acids is 1. The van der Waals surface area contributed by atoms with Gasteiger partial charge in [-0.1, -0.05) is 12.1 Å². The van der Waals surface area contributed by atoms with E-state index in [-0.39, 0.29) is 40.5 Å². The van der Waals surface area contributed by atoms with Crippen molar-refractivity contribution in [1.82, 2.24) is 19.4 Å². The van der Waals surface area contributed by atoms with E-state index in [1.165, 1.54) is 18.2 Å². The fourth-order valence-corrected chi connectivity index (χ4v) is 5.36. The van der Waals surface area contributed by atoms with Crippen molar-refractivity contribution in [2.75, 3.05) is 19.7 Å². The molecule has 0 amide bonds. The first kappa shape index (κ1) is 28.5. The van der Waals surface area contributed by atoms with Crippen LogP contribution in [0.4, 0.5) is 8.78 Å². The summed E-state index contributed by atoms with van der Waals surface area (Å²) in [5.41, 5.74) is 1.69. The molecule has 0 aliphatic carbocycles. The Bertz CT molecular complexity index is 1720. The summed E-state index contributed by atoms with van der Waals surface area (Å²) >= 11 is 0. The van der Waals surface area contributed by atoms with Gasteiger partial charge in [-0.05, 0) is 56.5 Å². The lowest BCUT2D eigenvalue weighted by atomic mass is 10.1. The second-order valence-electron chi connectivity index (χ2n) is 10.7. The highest BCUT2D eigenvalue weighted by Crippen LogP contribution is 2.33. The zero-order chi connectivity index (χ0) is 30.1. The Balaban J connectivity index is 1.16. The van der Waals surface area contributed by atoms with Gasteiger partial charge >= 0.3 is 5.97 Å². The van der Waals surface area contributed by atoms with Gasteiger partial charge in [0.1, 0.15) is 23.6 Å². The molecule has 2 aromatic heterocycles. The molecule has 6 rings (SSSR count). The second kappa shape index (κ2) is 11.9. The number of piperidine rings is 1. The number of likely N-dealkylation sites (tertiary alicyclic amines) is 1. The zero-order valence-electron chi connectivity index (χ0n) is 23.4. The van der Waals surface area contributed by atoms with Crippen LogP contribution in [0, 0.1) is 29.9 Å². The van der Waals surface area contributed by atoms with Gasteiger partial charge < -0.3 is 23.9 Å². The summed E-state index contributed by atoms with van der Waals surface area (Å²) in [5, 5.41) is 19.1. The molecule has 43 heavy (non-hydrogen) atoms. The molecule has 222 valence electrons. The van der Waals surface area contributed by atoms with Gasteiger partial charge in [0.05, 0.1) is 35.8 Å². The minimum atomic E-state index is -0.989. The lowest BCUT2D eigenvalue weighted by Crippen LogP contribution is -2.39. The first-order chi connectivity index (χ1) is 20.8. The van der Waals surface area contributed by atoms with Gasteiger partial charge in [0.2, 0.25) is 11.7 Å². The summed E-state index contributed by atoms with van der Waals surface area (Å²) < 4.78 is 48.4. The maximum absolute atomic E-state index is 15.0. The normalized spacial score (nSPS) is 17.4. The molecule has 12 heteroatoms. The van der Waals surface area contributed by atoms with E-state index < -0.39 is 23.5 Å². The molecule has 0 saturated carbocycles. The van der Waals surface area contributed by atoms with Gasteiger partial charge in [0.25, 0.3) is 5.88 Å². The average Bonchev–Trinajstić information content (AvgIpc) is 3.31. The average molecular weight is 590 g/mol. The van der Waals surface area contributed by atoms with Crippen LogP contribution in [0.1, 0.15) is 46.6 Å². The molecule has 2 aromatic carbocycles. The third kappa shape index (κ3) is 5.86. The minimum absolute atomic E-state index is 0.0688. The van der Waals surface area contributed by atoms with Crippen LogP contribution < -0.4 is 9.47 Å². The quantitative estimate of drug-likeness (QED) is 0.280. The zero-order valence-corrected chi connectivity index (χ0v) is 23.4. The number of carboxylic acid groups (broad SMARTS) is 1. The standard InChI is InChI=1S/C31H29F2N5O5/c1-18-22(15-34)28(33)30(43-26-5-3-2-4-23(26)32)36-29(18)42-20-8-11-37(12-9-20)17-27-35-24-7-6-19(31(39)40)14-25(24)38(27)16-21-10-13-41-21/h2-7,14,20-21H,8-13,16-17H2,1H3,(H,39,40). The number of benzene rings is 2. The fourth-order valence-electron chi connectivity index (χ4n) is 5.36. The number of rotatable bonds is 9. The fraction of sp³-hybridized carbons (Fsp3) is 0.355.